The van der Waals surface area contributed by atoms with E-state index < -0.39 is 0 Å². The molecule has 6 heteroatoms. The van der Waals surface area contributed by atoms with Crippen LogP contribution in [0.4, 0.5) is 0 Å². The van der Waals surface area contributed by atoms with E-state index in [1.807, 2.05) is 29.7 Å². The quantitative estimate of drug-likeness (QED) is 0.477. The summed E-state index contributed by atoms with van der Waals surface area (Å²) >= 11 is 1.43. The van der Waals surface area contributed by atoms with E-state index in [0.717, 1.165) is 30.1 Å². The molecule has 26 heavy (non-hydrogen) atoms. The Morgan fingerprint density at radius 1 is 1.19 bits per heavy atom. The molecule has 2 aromatic heterocycles. The number of Topliss-reactive ketones (excluding diaryl/α,β-unsaturated/α-hetero) is 1. The molecule has 0 bridgehead atoms. The molecule has 0 atom stereocenters. The molecule has 0 saturated heterocycles. The molecule has 1 aromatic carbocycles. The van der Waals surface area contributed by atoms with Crippen LogP contribution in [-0.2, 0) is 19.4 Å². The number of thioether (sulfide) groups is 1. The fraction of sp³-hybridized carbons (Fsp3) is 0.350. The molecule has 5 nitrogen and oxygen atoms in total. The number of rotatable bonds is 6. The van der Waals surface area contributed by atoms with Crippen LogP contribution in [0.3, 0.4) is 0 Å². The smallest absolute Gasteiger partial charge is 0.200 e. The number of carbonyl (C=O) groups excluding carboxylic acids is 1. The SMILES string of the molecule is CCn1c(SCC(=O)c2ccc3c(c2)CCCC3)nnc1-c1ccco1. The van der Waals surface area contributed by atoms with Crippen LogP contribution in [0.1, 0.15) is 41.3 Å². The van der Waals surface area contributed by atoms with E-state index in [-0.39, 0.29) is 5.78 Å². The van der Waals surface area contributed by atoms with Crippen molar-refractivity contribution in [1.82, 2.24) is 14.8 Å². The van der Waals surface area contributed by atoms with Gasteiger partial charge in [-0.05, 0) is 61.9 Å². The second-order valence-corrected chi connectivity index (χ2v) is 7.37. The fourth-order valence-corrected chi connectivity index (χ4v) is 4.29. The first kappa shape index (κ1) is 17.1. The third-order valence-corrected chi connectivity index (χ3v) is 5.74. The third kappa shape index (κ3) is 3.33. The highest BCUT2D eigenvalue weighted by molar-refractivity contribution is 7.99. The normalized spacial score (nSPS) is 13.6. The molecule has 0 amide bonds. The van der Waals surface area contributed by atoms with E-state index >= 15 is 0 Å². The second-order valence-electron chi connectivity index (χ2n) is 6.43. The van der Waals surface area contributed by atoms with Gasteiger partial charge in [0.1, 0.15) is 0 Å². The van der Waals surface area contributed by atoms with E-state index in [1.54, 1.807) is 6.26 Å². The molecule has 0 fully saturated rings. The van der Waals surface area contributed by atoms with Crippen molar-refractivity contribution in [3.63, 3.8) is 0 Å². The minimum atomic E-state index is 0.133. The van der Waals surface area contributed by atoms with Gasteiger partial charge in [-0.3, -0.25) is 9.36 Å². The second kappa shape index (κ2) is 7.50. The minimum absolute atomic E-state index is 0.133. The first-order valence-electron chi connectivity index (χ1n) is 9.01. The molecule has 0 spiro atoms. The number of furan rings is 1. The molecular formula is C20H21N3O2S. The highest BCUT2D eigenvalue weighted by Crippen LogP contribution is 2.26. The molecule has 0 aliphatic heterocycles. The molecule has 3 aromatic rings. The topological polar surface area (TPSA) is 60.9 Å². The van der Waals surface area contributed by atoms with Crippen molar-refractivity contribution in [3.05, 3.63) is 53.3 Å². The largest absolute Gasteiger partial charge is 0.461 e. The summed E-state index contributed by atoms with van der Waals surface area (Å²) in [4.78, 5) is 12.6. The summed E-state index contributed by atoms with van der Waals surface area (Å²) in [6, 6.07) is 9.86. The van der Waals surface area contributed by atoms with Gasteiger partial charge in [0, 0.05) is 12.1 Å². The van der Waals surface area contributed by atoms with Crippen LogP contribution >= 0.6 is 11.8 Å². The number of hydrogen-bond acceptors (Lipinski definition) is 5. The Balaban J connectivity index is 1.48. The zero-order valence-corrected chi connectivity index (χ0v) is 15.6. The number of hydrogen-bond donors (Lipinski definition) is 0. The van der Waals surface area contributed by atoms with Gasteiger partial charge in [-0.25, -0.2) is 0 Å². The molecule has 0 radical (unpaired) electrons. The lowest BCUT2D eigenvalue weighted by Crippen LogP contribution is -2.08. The Morgan fingerprint density at radius 3 is 2.81 bits per heavy atom. The number of aromatic nitrogens is 3. The Bertz CT molecular complexity index is 915. The molecule has 134 valence electrons. The summed E-state index contributed by atoms with van der Waals surface area (Å²) in [5, 5.41) is 9.21. The number of carbonyl (C=O) groups is 1. The first-order chi connectivity index (χ1) is 12.8. The van der Waals surface area contributed by atoms with E-state index in [2.05, 4.69) is 22.3 Å². The first-order valence-corrected chi connectivity index (χ1v) is 9.99. The molecule has 1 aliphatic carbocycles. The third-order valence-electron chi connectivity index (χ3n) is 4.78. The average Bonchev–Trinajstić information content (AvgIpc) is 3.34. The molecule has 0 saturated carbocycles. The number of ketones is 1. The molecular weight excluding hydrogens is 346 g/mol. The van der Waals surface area contributed by atoms with Crippen LogP contribution in [0.25, 0.3) is 11.6 Å². The summed E-state index contributed by atoms with van der Waals surface area (Å²) in [5.41, 5.74) is 3.53. The lowest BCUT2D eigenvalue weighted by molar-refractivity contribution is 0.102. The average molecular weight is 367 g/mol. The number of aryl methyl sites for hydroxylation is 2. The fourth-order valence-electron chi connectivity index (χ4n) is 3.39. The van der Waals surface area contributed by atoms with E-state index in [0.29, 0.717) is 17.3 Å². The van der Waals surface area contributed by atoms with Crippen molar-refractivity contribution in [3.8, 4) is 11.6 Å². The standard InChI is InChI=1S/C20H21N3O2S/c1-2-23-19(18-8-5-11-25-18)21-22-20(23)26-13-17(24)16-10-9-14-6-3-4-7-15(14)12-16/h5,8-12H,2-4,6-7,13H2,1H3. The zero-order chi connectivity index (χ0) is 17.9. The summed E-state index contributed by atoms with van der Waals surface area (Å²) in [7, 11) is 0. The zero-order valence-electron chi connectivity index (χ0n) is 14.8. The Hall–Kier alpha value is -2.34. The summed E-state index contributed by atoms with van der Waals surface area (Å²) < 4.78 is 7.40. The van der Waals surface area contributed by atoms with E-state index in [4.69, 9.17) is 4.42 Å². The predicted octanol–water partition coefficient (Wildman–Crippen LogP) is 4.41. The Morgan fingerprint density at radius 2 is 2.04 bits per heavy atom. The molecule has 1 aliphatic rings. The molecule has 4 rings (SSSR count). The maximum atomic E-state index is 12.6. The lowest BCUT2D eigenvalue weighted by atomic mass is 9.90. The maximum Gasteiger partial charge on any atom is 0.200 e. The number of nitrogens with zero attached hydrogens (tertiary/aromatic N) is 3. The van der Waals surface area contributed by atoms with Gasteiger partial charge in [-0.1, -0.05) is 23.9 Å². The Labute approximate surface area is 156 Å². The van der Waals surface area contributed by atoms with Gasteiger partial charge >= 0.3 is 0 Å². The van der Waals surface area contributed by atoms with Crippen LogP contribution in [0.15, 0.2) is 46.2 Å². The summed E-state index contributed by atoms with van der Waals surface area (Å²) in [6.07, 6.45) is 6.31. The van der Waals surface area contributed by atoms with E-state index in [9.17, 15) is 4.79 Å². The van der Waals surface area contributed by atoms with Crippen molar-refractivity contribution in [2.75, 3.05) is 5.75 Å². The highest BCUT2D eigenvalue weighted by Gasteiger charge is 2.17. The van der Waals surface area contributed by atoms with Crippen molar-refractivity contribution in [2.24, 2.45) is 0 Å². The monoisotopic (exact) mass is 367 g/mol. The molecule has 0 N–H and O–H groups in total. The van der Waals surface area contributed by atoms with Crippen LogP contribution in [-0.4, -0.2) is 26.3 Å². The summed E-state index contributed by atoms with van der Waals surface area (Å²) in [5.74, 6) is 1.87. The van der Waals surface area contributed by atoms with Crippen molar-refractivity contribution < 1.29 is 9.21 Å². The van der Waals surface area contributed by atoms with Gasteiger partial charge in [0.25, 0.3) is 0 Å². The van der Waals surface area contributed by atoms with Gasteiger partial charge < -0.3 is 4.42 Å². The van der Waals surface area contributed by atoms with Gasteiger partial charge in [-0.2, -0.15) is 0 Å². The van der Waals surface area contributed by atoms with Gasteiger partial charge in [0.15, 0.2) is 22.5 Å². The van der Waals surface area contributed by atoms with Crippen LogP contribution in [0, 0.1) is 0 Å². The van der Waals surface area contributed by atoms with Crippen molar-refractivity contribution in [1.29, 1.82) is 0 Å². The number of fused-ring (bicyclic) bond motifs is 1. The van der Waals surface area contributed by atoms with Crippen LogP contribution in [0.2, 0.25) is 0 Å². The van der Waals surface area contributed by atoms with E-state index in [1.165, 1.54) is 35.7 Å². The number of benzene rings is 1. The maximum absolute atomic E-state index is 12.6. The van der Waals surface area contributed by atoms with Gasteiger partial charge in [0.05, 0.1) is 12.0 Å². The van der Waals surface area contributed by atoms with Crippen molar-refractivity contribution in [2.45, 2.75) is 44.3 Å². The van der Waals surface area contributed by atoms with Crippen LogP contribution < -0.4 is 0 Å². The lowest BCUT2D eigenvalue weighted by Gasteiger charge is -2.16. The molecule has 2 heterocycles. The minimum Gasteiger partial charge on any atom is -0.461 e. The highest BCUT2D eigenvalue weighted by atomic mass is 32.2. The summed E-state index contributed by atoms with van der Waals surface area (Å²) in [6.45, 7) is 2.75. The predicted molar refractivity (Wildman–Crippen MR) is 102 cm³/mol. The Kier molecular flexibility index (Phi) is 4.93. The van der Waals surface area contributed by atoms with Crippen molar-refractivity contribution >= 4 is 17.5 Å². The van der Waals surface area contributed by atoms with Gasteiger partial charge in [0.2, 0.25) is 0 Å². The van der Waals surface area contributed by atoms with Gasteiger partial charge in [-0.15, -0.1) is 10.2 Å². The molecule has 0 unspecified atom stereocenters. The van der Waals surface area contributed by atoms with Crippen LogP contribution in [0.5, 0.6) is 0 Å².